The molecule has 2 aromatic rings. The van der Waals surface area contributed by atoms with E-state index in [1.807, 2.05) is 31.2 Å². The maximum Gasteiger partial charge on any atom is 0.248 e. The Bertz CT molecular complexity index is 992. The molecule has 3 rings (SSSR count). The van der Waals surface area contributed by atoms with E-state index in [1.165, 1.54) is 17.5 Å². The summed E-state index contributed by atoms with van der Waals surface area (Å²) >= 11 is 0. The van der Waals surface area contributed by atoms with Gasteiger partial charge in [-0.05, 0) is 55.7 Å². The summed E-state index contributed by atoms with van der Waals surface area (Å²) in [6, 6.07) is 12.4. The number of ether oxygens (including phenoxy) is 1. The highest BCUT2D eigenvalue weighted by atomic mass is 32.2. The lowest BCUT2D eigenvalue weighted by molar-refractivity contribution is -0.111. The molecule has 0 atom stereocenters. The summed E-state index contributed by atoms with van der Waals surface area (Å²) in [5, 5.41) is 2.78. The van der Waals surface area contributed by atoms with Crippen LogP contribution < -0.4 is 10.1 Å². The molecule has 0 radical (unpaired) electrons. The molecule has 2 aromatic carbocycles. The second-order valence-electron chi connectivity index (χ2n) is 7.06. The van der Waals surface area contributed by atoms with E-state index in [1.54, 1.807) is 24.3 Å². The summed E-state index contributed by atoms with van der Waals surface area (Å²) in [5.41, 5.74) is 2.42. The summed E-state index contributed by atoms with van der Waals surface area (Å²) in [4.78, 5) is 12.3. The zero-order valence-electron chi connectivity index (χ0n) is 16.7. The number of carbonyl (C=O) groups is 1. The molecule has 0 aliphatic carbocycles. The van der Waals surface area contributed by atoms with E-state index in [0.29, 0.717) is 30.1 Å². The van der Waals surface area contributed by atoms with Crippen LogP contribution in [-0.2, 0) is 14.8 Å². The van der Waals surface area contributed by atoms with Gasteiger partial charge in [-0.25, -0.2) is 8.42 Å². The van der Waals surface area contributed by atoms with Crippen LogP contribution in [0.25, 0.3) is 6.08 Å². The molecule has 0 spiro atoms. The first-order valence-corrected chi connectivity index (χ1v) is 11.1. The third-order valence-electron chi connectivity index (χ3n) is 4.87. The first-order valence-electron chi connectivity index (χ1n) is 9.64. The van der Waals surface area contributed by atoms with Gasteiger partial charge in [0.25, 0.3) is 0 Å². The van der Waals surface area contributed by atoms with Crippen molar-refractivity contribution < 1.29 is 17.9 Å². The number of piperidine rings is 1. The lowest BCUT2D eigenvalue weighted by Crippen LogP contribution is -2.35. The van der Waals surface area contributed by atoms with Gasteiger partial charge in [-0.15, -0.1) is 0 Å². The molecule has 1 aliphatic rings. The van der Waals surface area contributed by atoms with Gasteiger partial charge in [0, 0.05) is 24.9 Å². The molecule has 154 valence electrons. The minimum atomic E-state index is -3.64. The summed E-state index contributed by atoms with van der Waals surface area (Å²) < 4.78 is 32.9. The Morgan fingerprint density at radius 2 is 1.76 bits per heavy atom. The molecule has 1 heterocycles. The molecule has 1 amide bonds. The highest BCUT2D eigenvalue weighted by Crippen LogP contribution is 2.30. The van der Waals surface area contributed by atoms with Crippen molar-refractivity contribution in [3.05, 3.63) is 59.7 Å². The van der Waals surface area contributed by atoms with E-state index in [0.717, 1.165) is 24.8 Å². The Balaban J connectivity index is 1.79. The smallest absolute Gasteiger partial charge is 0.248 e. The Hall–Kier alpha value is -2.64. The number of rotatable bonds is 6. The topological polar surface area (TPSA) is 75.7 Å². The Morgan fingerprint density at radius 1 is 1.07 bits per heavy atom. The van der Waals surface area contributed by atoms with Crippen molar-refractivity contribution in [2.45, 2.75) is 31.1 Å². The van der Waals surface area contributed by atoms with Crippen molar-refractivity contribution in [3.8, 4) is 5.75 Å². The number of benzene rings is 2. The number of sulfonamides is 1. The monoisotopic (exact) mass is 414 g/mol. The minimum Gasteiger partial charge on any atom is -0.495 e. The highest BCUT2D eigenvalue weighted by molar-refractivity contribution is 7.89. The van der Waals surface area contributed by atoms with Gasteiger partial charge in [0.1, 0.15) is 10.6 Å². The summed E-state index contributed by atoms with van der Waals surface area (Å²) in [5.74, 6) is 0.0157. The quantitative estimate of drug-likeness (QED) is 0.729. The molecule has 0 bridgehead atoms. The van der Waals surface area contributed by atoms with Crippen LogP contribution in [-0.4, -0.2) is 38.8 Å². The lowest BCUT2D eigenvalue weighted by atomic mass is 10.2. The second-order valence-corrected chi connectivity index (χ2v) is 8.97. The third kappa shape index (κ3) is 5.25. The van der Waals surface area contributed by atoms with Crippen LogP contribution in [0, 0.1) is 6.92 Å². The summed E-state index contributed by atoms with van der Waals surface area (Å²) in [6.07, 6.45) is 5.75. The standard InChI is InChI=1S/C22H26N2O4S/c1-17-6-10-19(11-7-17)23-22(25)13-9-18-8-12-20(28-2)21(16-18)29(26,27)24-14-4-3-5-15-24/h6-13,16H,3-5,14-15H2,1-2H3,(H,23,25)/b13-9+. The van der Waals surface area contributed by atoms with Gasteiger partial charge in [0.05, 0.1) is 7.11 Å². The van der Waals surface area contributed by atoms with Gasteiger partial charge in [-0.3, -0.25) is 4.79 Å². The van der Waals surface area contributed by atoms with E-state index in [2.05, 4.69) is 5.32 Å². The Kier molecular flexibility index (Phi) is 6.71. The summed E-state index contributed by atoms with van der Waals surface area (Å²) in [7, 11) is -2.19. The molecular weight excluding hydrogens is 388 g/mol. The van der Waals surface area contributed by atoms with Crippen LogP contribution in [0.4, 0.5) is 5.69 Å². The van der Waals surface area contributed by atoms with Gasteiger partial charge in [0.15, 0.2) is 0 Å². The van der Waals surface area contributed by atoms with Gasteiger partial charge in [-0.2, -0.15) is 4.31 Å². The largest absolute Gasteiger partial charge is 0.495 e. The molecule has 0 unspecified atom stereocenters. The molecule has 1 saturated heterocycles. The highest BCUT2D eigenvalue weighted by Gasteiger charge is 2.28. The van der Waals surface area contributed by atoms with E-state index in [9.17, 15) is 13.2 Å². The number of hydrogen-bond acceptors (Lipinski definition) is 4. The average molecular weight is 415 g/mol. The number of methoxy groups -OCH3 is 1. The zero-order chi connectivity index (χ0) is 20.9. The normalized spacial score (nSPS) is 15.4. The molecule has 1 N–H and O–H groups in total. The van der Waals surface area contributed by atoms with E-state index >= 15 is 0 Å². The Morgan fingerprint density at radius 3 is 2.41 bits per heavy atom. The number of carbonyl (C=O) groups excluding carboxylic acids is 1. The predicted molar refractivity (Wildman–Crippen MR) is 114 cm³/mol. The fourth-order valence-corrected chi connectivity index (χ4v) is 4.94. The third-order valence-corrected chi connectivity index (χ3v) is 6.79. The molecule has 1 fully saturated rings. The molecule has 0 saturated carbocycles. The maximum absolute atomic E-state index is 13.1. The van der Waals surface area contributed by atoms with Crippen molar-refractivity contribution in [3.63, 3.8) is 0 Å². The van der Waals surface area contributed by atoms with Gasteiger partial charge in [-0.1, -0.05) is 30.2 Å². The van der Waals surface area contributed by atoms with E-state index < -0.39 is 10.0 Å². The van der Waals surface area contributed by atoms with Crippen LogP contribution in [0.2, 0.25) is 0 Å². The van der Waals surface area contributed by atoms with E-state index in [-0.39, 0.29) is 10.8 Å². The average Bonchev–Trinajstić information content (AvgIpc) is 2.74. The van der Waals surface area contributed by atoms with Crippen molar-refractivity contribution in [2.75, 3.05) is 25.5 Å². The van der Waals surface area contributed by atoms with Gasteiger partial charge < -0.3 is 10.1 Å². The first-order chi connectivity index (χ1) is 13.9. The fourth-order valence-electron chi connectivity index (χ4n) is 3.24. The molecule has 0 aromatic heterocycles. The number of nitrogens with one attached hydrogen (secondary N) is 1. The van der Waals surface area contributed by atoms with Crippen LogP contribution in [0.15, 0.2) is 53.4 Å². The summed E-state index contributed by atoms with van der Waals surface area (Å²) in [6.45, 7) is 3.01. The molecular formula is C22H26N2O4S. The van der Waals surface area contributed by atoms with Crippen LogP contribution >= 0.6 is 0 Å². The number of aryl methyl sites for hydroxylation is 1. The Labute approximate surface area is 172 Å². The zero-order valence-corrected chi connectivity index (χ0v) is 17.5. The van der Waals surface area contributed by atoms with Crippen molar-refractivity contribution in [2.24, 2.45) is 0 Å². The molecule has 29 heavy (non-hydrogen) atoms. The fraction of sp³-hybridized carbons (Fsp3) is 0.318. The lowest BCUT2D eigenvalue weighted by Gasteiger charge is -2.26. The minimum absolute atomic E-state index is 0.128. The number of nitrogens with zero attached hydrogens (tertiary/aromatic N) is 1. The molecule has 7 heteroatoms. The van der Waals surface area contributed by atoms with E-state index in [4.69, 9.17) is 4.74 Å². The van der Waals surface area contributed by atoms with Crippen LogP contribution in [0.5, 0.6) is 5.75 Å². The van der Waals surface area contributed by atoms with Crippen molar-refractivity contribution >= 4 is 27.7 Å². The van der Waals surface area contributed by atoms with Crippen LogP contribution in [0.1, 0.15) is 30.4 Å². The van der Waals surface area contributed by atoms with Crippen molar-refractivity contribution in [1.82, 2.24) is 4.31 Å². The molecule has 1 aliphatic heterocycles. The number of amides is 1. The van der Waals surface area contributed by atoms with Crippen molar-refractivity contribution in [1.29, 1.82) is 0 Å². The van der Waals surface area contributed by atoms with Gasteiger partial charge >= 0.3 is 0 Å². The first kappa shape index (κ1) is 21.1. The predicted octanol–water partition coefficient (Wildman–Crippen LogP) is 3.83. The SMILES string of the molecule is COc1ccc(/C=C/C(=O)Nc2ccc(C)cc2)cc1S(=O)(=O)N1CCCCC1. The van der Waals surface area contributed by atoms with Gasteiger partial charge in [0.2, 0.25) is 15.9 Å². The number of anilines is 1. The molecule has 6 nitrogen and oxygen atoms in total. The maximum atomic E-state index is 13.1. The van der Waals surface area contributed by atoms with Crippen LogP contribution in [0.3, 0.4) is 0 Å². The second kappa shape index (κ2) is 9.24. The number of hydrogen-bond donors (Lipinski definition) is 1.